The van der Waals surface area contributed by atoms with Crippen molar-refractivity contribution < 1.29 is 38.1 Å². The maximum absolute atomic E-state index is 14.3. The third-order valence-electron chi connectivity index (χ3n) is 9.74. The van der Waals surface area contributed by atoms with E-state index in [0.29, 0.717) is 17.5 Å². The lowest BCUT2D eigenvalue weighted by molar-refractivity contribution is -0.201. The van der Waals surface area contributed by atoms with Crippen LogP contribution in [0.4, 0.5) is 0 Å². The molecule has 0 bridgehead atoms. The molecule has 2 saturated heterocycles. The Hall–Kier alpha value is -4.12. The molecule has 2 fully saturated rings. The summed E-state index contributed by atoms with van der Waals surface area (Å²) >= 11 is 0. The van der Waals surface area contributed by atoms with Gasteiger partial charge < -0.3 is 28.6 Å². The summed E-state index contributed by atoms with van der Waals surface area (Å²) in [5, 5.41) is 11.9. The van der Waals surface area contributed by atoms with Crippen molar-refractivity contribution in [3.8, 4) is 5.75 Å². The maximum Gasteiger partial charge on any atom is 0.303 e. The highest BCUT2D eigenvalue weighted by Crippen LogP contribution is 2.49. The minimum Gasteiger partial charge on any atom is -0.507 e. The van der Waals surface area contributed by atoms with Crippen molar-refractivity contribution >= 4 is 28.5 Å². The zero-order valence-electron chi connectivity index (χ0n) is 26.6. The van der Waals surface area contributed by atoms with E-state index in [-0.39, 0.29) is 56.3 Å². The number of hydrogen-bond donors (Lipinski definition) is 1. The zero-order valence-corrected chi connectivity index (χ0v) is 26.6. The molecule has 0 amide bonds. The summed E-state index contributed by atoms with van der Waals surface area (Å²) in [5.74, 6) is -1.66. The number of phenolic OH excluding ortho intramolecular Hbond substituents is 1. The molecule has 236 valence electrons. The van der Waals surface area contributed by atoms with Gasteiger partial charge in [0.15, 0.2) is 16.8 Å². The van der Waals surface area contributed by atoms with Crippen molar-refractivity contribution in [1.82, 2.24) is 4.90 Å². The molecular formula is C35H37NO9. The summed E-state index contributed by atoms with van der Waals surface area (Å²) in [6, 6.07) is 6.03. The van der Waals surface area contributed by atoms with Crippen LogP contribution in [0.1, 0.15) is 95.9 Å². The molecule has 45 heavy (non-hydrogen) atoms. The van der Waals surface area contributed by atoms with Crippen LogP contribution in [0, 0.1) is 6.92 Å². The highest BCUT2D eigenvalue weighted by Gasteiger charge is 2.55. The number of carbonyl (C=O) groups is 3. The molecule has 3 aliphatic rings. The van der Waals surface area contributed by atoms with Crippen molar-refractivity contribution in [2.45, 2.75) is 83.5 Å². The van der Waals surface area contributed by atoms with E-state index in [2.05, 4.69) is 0 Å². The Balaban J connectivity index is 1.48. The summed E-state index contributed by atoms with van der Waals surface area (Å²) < 4.78 is 24.0. The molecular weight excluding hydrogens is 578 g/mol. The van der Waals surface area contributed by atoms with Crippen molar-refractivity contribution in [1.29, 1.82) is 0 Å². The van der Waals surface area contributed by atoms with Gasteiger partial charge in [0, 0.05) is 29.7 Å². The summed E-state index contributed by atoms with van der Waals surface area (Å²) in [6.07, 6.45) is 1.88. The van der Waals surface area contributed by atoms with E-state index < -0.39 is 47.0 Å². The highest BCUT2D eigenvalue weighted by molar-refractivity contribution is 6.32. The molecule has 1 aliphatic carbocycles. The number of phenols is 1. The molecule has 0 unspecified atom stereocenters. The number of esters is 1. The molecule has 6 rings (SSSR count). The topological polar surface area (TPSA) is 136 Å². The predicted molar refractivity (Wildman–Crippen MR) is 165 cm³/mol. The average molecular weight is 616 g/mol. The molecule has 2 aliphatic heterocycles. The van der Waals surface area contributed by atoms with Crippen LogP contribution in [0.25, 0.3) is 11.0 Å². The minimum atomic E-state index is -0.899. The van der Waals surface area contributed by atoms with Crippen molar-refractivity contribution in [3.63, 3.8) is 0 Å². The van der Waals surface area contributed by atoms with E-state index in [0.717, 1.165) is 0 Å². The first-order valence-corrected chi connectivity index (χ1v) is 15.0. The van der Waals surface area contributed by atoms with Gasteiger partial charge in [0.2, 0.25) is 5.78 Å². The Morgan fingerprint density at radius 2 is 1.80 bits per heavy atom. The summed E-state index contributed by atoms with van der Waals surface area (Å²) in [5.41, 5.74) is -1.22. The number of aryl methyl sites for hydroxylation is 1. The number of hydrogen-bond acceptors (Lipinski definition) is 10. The van der Waals surface area contributed by atoms with Gasteiger partial charge in [-0.3, -0.25) is 19.2 Å². The number of allylic oxidation sites excluding steroid dienone is 1. The fourth-order valence-electron chi connectivity index (χ4n) is 6.95. The fraction of sp³-hybridized carbons (Fsp3) is 0.429. The van der Waals surface area contributed by atoms with Crippen LogP contribution in [0.5, 0.6) is 5.75 Å². The van der Waals surface area contributed by atoms with E-state index in [1.807, 2.05) is 45.0 Å². The van der Waals surface area contributed by atoms with Crippen LogP contribution in [-0.4, -0.2) is 65.5 Å². The number of carbonyl (C=O) groups excluding carboxylic acids is 3. The van der Waals surface area contributed by atoms with Crippen LogP contribution in [0.15, 0.2) is 45.6 Å². The van der Waals surface area contributed by atoms with Gasteiger partial charge in [-0.1, -0.05) is 18.2 Å². The van der Waals surface area contributed by atoms with Crippen LogP contribution < -0.4 is 5.43 Å². The molecule has 0 radical (unpaired) electrons. The summed E-state index contributed by atoms with van der Waals surface area (Å²) in [7, 11) is 3.75. The molecule has 0 spiro atoms. The van der Waals surface area contributed by atoms with Gasteiger partial charge in [-0.25, -0.2) is 0 Å². The molecule has 6 atom stereocenters. The largest absolute Gasteiger partial charge is 0.507 e. The number of benzene rings is 2. The number of fused-ring (bicyclic) bond motifs is 4. The van der Waals surface area contributed by atoms with Gasteiger partial charge in [0.05, 0.1) is 34.3 Å². The quantitative estimate of drug-likeness (QED) is 0.188. The maximum atomic E-state index is 14.3. The third-order valence-corrected chi connectivity index (χ3v) is 9.74. The monoisotopic (exact) mass is 615 g/mol. The number of nitrogens with zero attached hydrogens (tertiary/aromatic N) is 1. The Morgan fingerprint density at radius 3 is 2.44 bits per heavy atom. The van der Waals surface area contributed by atoms with Crippen LogP contribution in [0.3, 0.4) is 0 Å². The van der Waals surface area contributed by atoms with E-state index in [1.54, 1.807) is 26.8 Å². The standard InChI is InChI=1S/C35H37NO9/c1-9-10-24-35(6,45-24)25-14-22(38)26-16(2)13-21-28(32(26)44-25)31(41)27-20(29(21)39)12-11-19(30(27)40)23-15-34(5,36(7)8)33(17(3)42-23)43-18(4)37/h9-14,17,23-24,33,40H,15H2,1-8H3/b10-9-/t17-,23+,24+,33+,34-,35-/m0/s1. The lowest BCUT2D eigenvalue weighted by atomic mass is 9.77. The zero-order chi connectivity index (χ0) is 32.7. The fourth-order valence-corrected chi connectivity index (χ4v) is 6.95. The lowest BCUT2D eigenvalue weighted by Gasteiger charge is -2.50. The summed E-state index contributed by atoms with van der Waals surface area (Å²) in [4.78, 5) is 55.5. The lowest BCUT2D eigenvalue weighted by Crippen LogP contribution is -2.61. The van der Waals surface area contributed by atoms with Gasteiger partial charge >= 0.3 is 5.97 Å². The average Bonchev–Trinajstić information content (AvgIpc) is 3.63. The Labute approximate surface area is 260 Å². The second-order valence-electron chi connectivity index (χ2n) is 12.9. The number of ether oxygens (including phenoxy) is 3. The van der Waals surface area contributed by atoms with Crippen LogP contribution in [0.2, 0.25) is 0 Å². The predicted octanol–water partition coefficient (Wildman–Crippen LogP) is 4.87. The molecule has 0 saturated carbocycles. The smallest absolute Gasteiger partial charge is 0.303 e. The first-order chi connectivity index (χ1) is 21.1. The molecule has 10 heteroatoms. The number of epoxide rings is 1. The molecule has 10 nitrogen and oxygen atoms in total. The minimum absolute atomic E-state index is 0.01000. The van der Waals surface area contributed by atoms with E-state index in [1.165, 1.54) is 25.1 Å². The Morgan fingerprint density at radius 1 is 1.09 bits per heavy atom. The number of aromatic hydroxyl groups is 1. The highest BCUT2D eigenvalue weighted by atomic mass is 16.6. The first kappa shape index (κ1) is 30.9. The Kier molecular flexibility index (Phi) is 7.19. The van der Waals surface area contributed by atoms with E-state index in [9.17, 15) is 24.3 Å². The molecule has 3 aromatic rings. The van der Waals surface area contributed by atoms with Crippen molar-refractivity contribution in [2.75, 3.05) is 14.1 Å². The van der Waals surface area contributed by atoms with Gasteiger partial charge in [0.25, 0.3) is 0 Å². The second-order valence-corrected chi connectivity index (χ2v) is 12.9. The van der Waals surface area contributed by atoms with Gasteiger partial charge in [-0.15, -0.1) is 0 Å². The van der Waals surface area contributed by atoms with Gasteiger partial charge in [-0.2, -0.15) is 0 Å². The summed E-state index contributed by atoms with van der Waals surface area (Å²) in [6.45, 7) is 10.4. The van der Waals surface area contributed by atoms with Crippen LogP contribution >= 0.6 is 0 Å². The molecule has 2 aromatic carbocycles. The first-order valence-electron chi connectivity index (χ1n) is 15.0. The van der Waals surface area contributed by atoms with Crippen molar-refractivity contribution in [3.05, 3.63) is 85.8 Å². The van der Waals surface area contributed by atoms with Crippen LogP contribution in [-0.2, 0) is 24.6 Å². The number of likely N-dealkylation sites (N-methyl/N-ethyl adjacent to an activating group) is 1. The van der Waals surface area contributed by atoms with Crippen molar-refractivity contribution in [2.24, 2.45) is 0 Å². The van der Waals surface area contributed by atoms with Gasteiger partial charge in [0.1, 0.15) is 29.3 Å². The van der Waals surface area contributed by atoms with E-state index in [4.69, 9.17) is 18.6 Å². The number of rotatable bonds is 5. The number of ketones is 2. The molecule has 1 N–H and O–H groups in total. The molecule has 3 heterocycles. The molecule has 1 aromatic heterocycles. The van der Waals surface area contributed by atoms with Gasteiger partial charge in [-0.05, 0) is 72.8 Å². The Bertz CT molecular complexity index is 1890. The normalized spacial score (nSPS) is 29.3. The third kappa shape index (κ3) is 4.57. The SMILES string of the molecule is C/C=C\[C@H]1O[C@]1(C)c1cc(=O)c2c(C)cc3c(c2o1)C(=O)c1c(ccc([C@H]2C[C@](C)(N(C)C)[C@H](OC(C)=O)[C@H](C)O2)c1O)C3=O. The second kappa shape index (κ2) is 10.5. The van der Waals surface area contributed by atoms with E-state index >= 15 is 0 Å².